The highest BCUT2D eigenvalue weighted by atomic mass is 16.5. The average molecular weight is 338 g/mol. The number of hydrogen-bond donors (Lipinski definition) is 1. The zero-order valence-corrected chi connectivity index (χ0v) is 14.1. The molecule has 1 saturated heterocycles. The molecule has 0 spiro atoms. The van der Waals surface area contributed by atoms with E-state index in [2.05, 4.69) is 26.1 Å². The molecule has 0 unspecified atom stereocenters. The molecule has 0 bridgehead atoms. The van der Waals surface area contributed by atoms with Gasteiger partial charge >= 0.3 is 0 Å². The van der Waals surface area contributed by atoms with Crippen LogP contribution in [0.15, 0.2) is 53.2 Å². The van der Waals surface area contributed by atoms with Crippen molar-refractivity contribution in [2.75, 3.05) is 13.2 Å². The number of pyridine rings is 1. The van der Waals surface area contributed by atoms with Crippen molar-refractivity contribution in [2.24, 2.45) is 0 Å². The first kappa shape index (κ1) is 16.1. The number of aromatic amines is 1. The van der Waals surface area contributed by atoms with Gasteiger partial charge in [-0.15, -0.1) is 0 Å². The van der Waals surface area contributed by atoms with Crippen LogP contribution in [0.5, 0.6) is 0 Å². The minimum atomic E-state index is 0.297. The summed E-state index contributed by atoms with van der Waals surface area (Å²) in [6, 6.07) is 11.9. The molecule has 6 nitrogen and oxygen atoms in total. The molecule has 3 aromatic rings. The van der Waals surface area contributed by atoms with Crippen LogP contribution in [-0.4, -0.2) is 39.3 Å². The molecule has 1 fully saturated rings. The lowest BCUT2D eigenvalue weighted by molar-refractivity contribution is 0.0651. The highest BCUT2D eigenvalue weighted by Crippen LogP contribution is 2.22. The maximum atomic E-state index is 5.99. The number of hydrogen-bond acceptors (Lipinski definition) is 5. The van der Waals surface area contributed by atoms with Crippen LogP contribution in [0.25, 0.3) is 11.5 Å². The molecule has 4 heterocycles. The SMILES string of the molecule is c1ccc(CN(Cc2ccc(-c3ccn[nH]3)o2)C[C@H]2CCCO2)nc1. The maximum absolute atomic E-state index is 5.99. The normalized spacial score (nSPS) is 17.4. The van der Waals surface area contributed by atoms with Crippen molar-refractivity contribution < 1.29 is 9.15 Å². The number of rotatable bonds is 7. The van der Waals surface area contributed by atoms with Crippen LogP contribution in [0, 0.1) is 0 Å². The van der Waals surface area contributed by atoms with E-state index in [1.807, 2.05) is 36.5 Å². The smallest absolute Gasteiger partial charge is 0.152 e. The van der Waals surface area contributed by atoms with Gasteiger partial charge in [0.1, 0.15) is 11.5 Å². The summed E-state index contributed by atoms with van der Waals surface area (Å²) in [5.74, 6) is 1.74. The summed E-state index contributed by atoms with van der Waals surface area (Å²) in [6.07, 6.45) is 6.12. The van der Waals surface area contributed by atoms with E-state index in [0.717, 1.165) is 62.0 Å². The van der Waals surface area contributed by atoms with Gasteiger partial charge in [0.2, 0.25) is 0 Å². The molecule has 130 valence electrons. The summed E-state index contributed by atoms with van der Waals surface area (Å²) in [5, 5.41) is 6.90. The fourth-order valence-corrected chi connectivity index (χ4v) is 3.20. The fraction of sp³-hybridized carbons (Fsp3) is 0.368. The van der Waals surface area contributed by atoms with Gasteiger partial charge in [-0.25, -0.2) is 0 Å². The third-order valence-electron chi connectivity index (χ3n) is 4.40. The van der Waals surface area contributed by atoms with Gasteiger partial charge in [-0.1, -0.05) is 6.07 Å². The lowest BCUT2D eigenvalue weighted by atomic mass is 10.2. The second-order valence-corrected chi connectivity index (χ2v) is 6.36. The van der Waals surface area contributed by atoms with Crippen molar-refractivity contribution in [3.05, 3.63) is 60.2 Å². The highest BCUT2D eigenvalue weighted by molar-refractivity contribution is 5.51. The Bertz CT molecular complexity index is 764. The van der Waals surface area contributed by atoms with E-state index >= 15 is 0 Å². The predicted molar refractivity (Wildman–Crippen MR) is 93.6 cm³/mol. The molecular formula is C19H22N4O2. The Kier molecular flexibility index (Phi) is 4.90. The predicted octanol–water partition coefficient (Wildman–Crippen LogP) is 3.25. The zero-order chi connectivity index (χ0) is 16.9. The molecule has 1 aliphatic heterocycles. The van der Waals surface area contributed by atoms with Crippen molar-refractivity contribution in [2.45, 2.75) is 32.0 Å². The molecule has 0 radical (unpaired) electrons. The van der Waals surface area contributed by atoms with Crippen LogP contribution >= 0.6 is 0 Å². The van der Waals surface area contributed by atoms with E-state index in [4.69, 9.17) is 9.15 Å². The van der Waals surface area contributed by atoms with E-state index in [1.165, 1.54) is 0 Å². The Morgan fingerprint density at radius 3 is 2.88 bits per heavy atom. The minimum Gasteiger partial charge on any atom is -0.458 e. The standard InChI is InChI=1S/C19H22N4O2/c1-2-9-20-15(4-1)12-23(13-16-5-3-11-24-16)14-17-6-7-19(25-17)18-8-10-21-22-18/h1-2,4,6-10,16H,3,5,11-14H2,(H,21,22)/t16-/m1/s1. The minimum absolute atomic E-state index is 0.297. The highest BCUT2D eigenvalue weighted by Gasteiger charge is 2.21. The Morgan fingerprint density at radius 2 is 2.12 bits per heavy atom. The molecule has 6 heteroatoms. The Hall–Kier alpha value is -2.44. The average Bonchev–Trinajstić information content (AvgIpc) is 3.38. The van der Waals surface area contributed by atoms with Crippen molar-refractivity contribution in [3.8, 4) is 11.5 Å². The number of ether oxygens (including phenoxy) is 1. The monoisotopic (exact) mass is 338 g/mol. The molecule has 0 aromatic carbocycles. The van der Waals surface area contributed by atoms with Crippen molar-refractivity contribution in [1.82, 2.24) is 20.1 Å². The van der Waals surface area contributed by atoms with Crippen LogP contribution in [0.3, 0.4) is 0 Å². The molecule has 1 N–H and O–H groups in total. The van der Waals surface area contributed by atoms with Crippen molar-refractivity contribution >= 4 is 0 Å². The first-order valence-electron chi connectivity index (χ1n) is 8.69. The molecule has 0 saturated carbocycles. The van der Waals surface area contributed by atoms with Crippen molar-refractivity contribution in [3.63, 3.8) is 0 Å². The van der Waals surface area contributed by atoms with Gasteiger partial charge < -0.3 is 9.15 Å². The van der Waals surface area contributed by atoms with E-state index < -0.39 is 0 Å². The van der Waals surface area contributed by atoms with Gasteiger partial charge in [-0.05, 0) is 43.2 Å². The summed E-state index contributed by atoms with van der Waals surface area (Å²) in [5.41, 5.74) is 1.95. The van der Waals surface area contributed by atoms with Crippen LogP contribution in [-0.2, 0) is 17.8 Å². The van der Waals surface area contributed by atoms with Crippen LogP contribution in [0.4, 0.5) is 0 Å². The summed E-state index contributed by atoms with van der Waals surface area (Å²) in [4.78, 5) is 6.80. The summed E-state index contributed by atoms with van der Waals surface area (Å²) in [6.45, 7) is 3.26. The Balaban J connectivity index is 1.47. The molecule has 4 rings (SSSR count). The number of H-pyrrole nitrogens is 1. The molecule has 25 heavy (non-hydrogen) atoms. The second kappa shape index (κ2) is 7.63. The third-order valence-corrected chi connectivity index (χ3v) is 4.40. The molecule has 0 aliphatic carbocycles. The largest absolute Gasteiger partial charge is 0.458 e. The van der Waals surface area contributed by atoms with Gasteiger partial charge in [0.25, 0.3) is 0 Å². The molecule has 1 aliphatic rings. The van der Waals surface area contributed by atoms with Crippen molar-refractivity contribution in [1.29, 1.82) is 0 Å². The topological polar surface area (TPSA) is 67.2 Å². The van der Waals surface area contributed by atoms with Gasteiger partial charge in [0.05, 0.1) is 18.3 Å². The summed E-state index contributed by atoms with van der Waals surface area (Å²) >= 11 is 0. The van der Waals surface area contributed by atoms with Gasteiger partial charge in [-0.3, -0.25) is 15.0 Å². The third kappa shape index (κ3) is 4.15. The molecule has 1 atom stereocenters. The summed E-state index contributed by atoms with van der Waals surface area (Å²) in [7, 11) is 0. The lowest BCUT2D eigenvalue weighted by Gasteiger charge is -2.24. The lowest BCUT2D eigenvalue weighted by Crippen LogP contribution is -2.31. The number of nitrogens with one attached hydrogen (secondary N) is 1. The molecule has 3 aromatic heterocycles. The zero-order valence-electron chi connectivity index (χ0n) is 14.1. The van der Waals surface area contributed by atoms with Crippen LogP contribution in [0.1, 0.15) is 24.3 Å². The number of furan rings is 1. The maximum Gasteiger partial charge on any atom is 0.152 e. The first-order chi connectivity index (χ1) is 12.4. The Labute approximate surface area is 146 Å². The van der Waals surface area contributed by atoms with E-state index in [9.17, 15) is 0 Å². The van der Waals surface area contributed by atoms with Gasteiger partial charge in [0, 0.05) is 32.1 Å². The Morgan fingerprint density at radius 1 is 1.12 bits per heavy atom. The molecule has 0 amide bonds. The first-order valence-corrected chi connectivity index (χ1v) is 8.69. The number of aromatic nitrogens is 3. The van der Waals surface area contributed by atoms with Crippen LogP contribution in [0.2, 0.25) is 0 Å². The second-order valence-electron chi connectivity index (χ2n) is 6.36. The van der Waals surface area contributed by atoms with E-state index in [-0.39, 0.29) is 0 Å². The number of nitrogens with zero attached hydrogens (tertiary/aromatic N) is 3. The molecular weight excluding hydrogens is 316 g/mol. The van der Waals surface area contributed by atoms with E-state index in [1.54, 1.807) is 6.20 Å². The van der Waals surface area contributed by atoms with E-state index in [0.29, 0.717) is 6.10 Å². The summed E-state index contributed by atoms with van der Waals surface area (Å²) < 4.78 is 11.8. The van der Waals surface area contributed by atoms with Gasteiger partial charge in [-0.2, -0.15) is 5.10 Å². The van der Waals surface area contributed by atoms with Crippen LogP contribution < -0.4 is 0 Å². The van der Waals surface area contributed by atoms with Gasteiger partial charge in [0.15, 0.2) is 5.76 Å². The fourth-order valence-electron chi connectivity index (χ4n) is 3.20. The quantitative estimate of drug-likeness (QED) is 0.716.